The van der Waals surface area contributed by atoms with E-state index in [-0.39, 0.29) is 17.6 Å². The summed E-state index contributed by atoms with van der Waals surface area (Å²) < 4.78 is 20.3. The first-order valence-electron chi connectivity index (χ1n) is 10.6. The third-order valence-corrected chi connectivity index (χ3v) is 5.90. The van der Waals surface area contributed by atoms with E-state index in [9.17, 15) is 9.18 Å². The molecule has 9 nitrogen and oxygen atoms in total. The molecule has 0 fully saturated rings. The Bertz CT molecular complexity index is 1360. The van der Waals surface area contributed by atoms with Crippen molar-refractivity contribution in [3.05, 3.63) is 94.8 Å². The lowest BCUT2D eigenvalue weighted by atomic mass is 10.2. The maximum Gasteiger partial charge on any atom is 0.264 e. The highest BCUT2D eigenvalue weighted by atomic mass is 35.5. The number of nitrogens with zero attached hydrogens (tertiary/aromatic N) is 4. The van der Waals surface area contributed by atoms with Crippen molar-refractivity contribution in [2.75, 3.05) is 22.3 Å². The predicted molar refractivity (Wildman–Crippen MR) is 139 cm³/mol. The lowest BCUT2D eigenvalue weighted by Gasteiger charge is -2.09. The van der Waals surface area contributed by atoms with Crippen LogP contribution in [0.4, 0.5) is 16.0 Å². The summed E-state index contributed by atoms with van der Waals surface area (Å²) in [5.41, 5.74) is 4.82. The molecule has 0 aliphatic heterocycles. The van der Waals surface area contributed by atoms with Gasteiger partial charge < -0.3 is 15.9 Å². The van der Waals surface area contributed by atoms with Gasteiger partial charge >= 0.3 is 0 Å². The second-order valence-electron chi connectivity index (χ2n) is 7.35. The number of thioether (sulfide) groups is 1. The fraction of sp³-hybridized carbons (Fsp3) is 0.0833. The number of halogens is 2. The summed E-state index contributed by atoms with van der Waals surface area (Å²) in [5, 5.41) is 15.6. The third kappa shape index (κ3) is 6.96. The number of para-hydroxylation sites is 1. The number of nitrogens with one attached hydrogen (secondary N) is 2. The molecule has 0 radical (unpaired) electrons. The standard InChI is InChI=1S/C24H21ClFN7O2S/c25-18-10-8-16(9-11-18)14-35-21-7-2-1-4-17(21)13-28-30-23-31-32-24(33(23)27)36-15-22(34)29-20-6-3-5-19(26)12-20/h1-13H,14-15,27H2,(H,29,34)(H,30,31)/b28-13+. The summed E-state index contributed by atoms with van der Waals surface area (Å²) in [6.07, 6.45) is 1.57. The lowest BCUT2D eigenvalue weighted by molar-refractivity contribution is -0.113. The number of hydrogen-bond acceptors (Lipinski definition) is 8. The zero-order chi connectivity index (χ0) is 25.3. The van der Waals surface area contributed by atoms with Crippen LogP contribution in [0.3, 0.4) is 0 Å². The SMILES string of the molecule is Nn1c(N/N=C/c2ccccc2OCc2ccc(Cl)cc2)nnc1SCC(=O)Nc1cccc(F)c1. The van der Waals surface area contributed by atoms with Crippen molar-refractivity contribution in [2.24, 2.45) is 5.10 Å². The second kappa shape index (κ2) is 12.0. The highest BCUT2D eigenvalue weighted by Crippen LogP contribution is 2.20. The Hall–Kier alpha value is -4.09. The van der Waals surface area contributed by atoms with Gasteiger partial charge in [0.05, 0.1) is 12.0 Å². The average molecular weight is 526 g/mol. The number of carbonyl (C=O) groups excluding carboxylic acids is 1. The highest BCUT2D eigenvalue weighted by molar-refractivity contribution is 7.99. The van der Waals surface area contributed by atoms with Gasteiger partial charge in [-0.15, -0.1) is 10.2 Å². The van der Waals surface area contributed by atoms with E-state index in [0.717, 1.165) is 22.9 Å². The molecule has 0 saturated heterocycles. The molecule has 4 N–H and O–H groups in total. The van der Waals surface area contributed by atoms with Gasteiger partial charge in [0.2, 0.25) is 11.1 Å². The molecule has 0 spiro atoms. The molecule has 0 saturated carbocycles. The molecule has 12 heteroatoms. The van der Waals surface area contributed by atoms with Crippen LogP contribution in [0.15, 0.2) is 83.1 Å². The van der Waals surface area contributed by atoms with Crippen molar-refractivity contribution >= 4 is 47.1 Å². The summed E-state index contributed by atoms with van der Waals surface area (Å²) in [4.78, 5) is 12.1. The largest absolute Gasteiger partial charge is 0.488 e. The van der Waals surface area contributed by atoms with Gasteiger partial charge in [0, 0.05) is 16.3 Å². The van der Waals surface area contributed by atoms with E-state index in [1.165, 1.54) is 22.9 Å². The quantitative estimate of drug-likeness (QED) is 0.120. The number of ether oxygens (including phenoxy) is 1. The smallest absolute Gasteiger partial charge is 0.264 e. The fourth-order valence-corrected chi connectivity index (χ4v) is 3.75. The molecule has 0 bridgehead atoms. The number of carbonyl (C=O) groups is 1. The van der Waals surface area contributed by atoms with Crippen LogP contribution >= 0.6 is 23.4 Å². The molecule has 0 aliphatic carbocycles. The normalized spacial score (nSPS) is 10.9. The summed E-state index contributed by atoms with van der Waals surface area (Å²) in [6.45, 7) is 0.375. The molecule has 36 heavy (non-hydrogen) atoms. The zero-order valence-corrected chi connectivity index (χ0v) is 20.3. The molecule has 0 atom stereocenters. The molecule has 0 unspecified atom stereocenters. The Morgan fingerprint density at radius 3 is 2.75 bits per heavy atom. The third-order valence-electron chi connectivity index (χ3n) is 4.70. The minimum Gasteiger partial charge on any atom is -0.488 e. The van der Waals surface area contributed by atoms with Gasteiger partial charge in [0.1, 0.15) is 18.2 Å². The van der Waals surface area contributed by atoms with E-state index in [2.05, 4.69) is 26.0 Å². The highest BCUT2D eigenvalue weighted by Gasteiger charge is 2.12. The zero-order valence-electron chi connectivity index (χ0n) is 18.8. The molecule has 1 heterocycles. The van der Waals surface area contributed by atoms with E-state index in [4.69, 9.17) is 22.2 Å². The molecular weight excluding hydrogens is 505 g/mol. The topological polar surface area (TPSA) is 119 Å². The van der Waals surface area contributed by atoms with Crippen molar-refractivity contribution in [1.29, 1.82) is 0 Å². The first kappa shape index (κ1) is 25.0. The van der Waals surface area contributed by atoms with Gasteiger partial charge in [0.25, 0.3) is 5.95 Å². The summed E-state index contributed by atoms with van der Waals surface area (Å²) in [5.74, 6) is 6.07. The van der Waals surface area contributed by atoms with Crippen LogP contribution < -0.4 is 21.3 Å². The molecule has 1 amide bonds. The van der Waals surface area contributed by atoms with Crippen molar-refractivity contribution in [1.82, 2.24) is 14.9 Å². The van der Waals surface area contributed by atoms with Crippen LogP contribution in [0.25, 0.3) is 0 Å². The van der Waals surface area contributed by atoms with Crippen LogP contribution in [0, 0.1) is 5.82 Å². The van der Waals surface area contributed by atoms with Gasteiger partial charge in [-0.25, -0.2) is 14.5 Å². The summed E-state index contributed by atoms with van der Waals surface area (Å²) >= 11 is 7.00. The minimum atomic E-state index is -0.436. The Kier molecular flexibility index (Phi) is 8.37. The average Bonchev–Trinajstić information content (AvgIpc) is 3.22. The minimum absolute atomic E-state index is 0.00739. The van der Waals surface area contributed by atoms with E-state index in [1.54, 1.807) is 12.3 Å². The van der Waals surface area contributed by atoms with E-state index in [0.29, 0.717) is 28.2 Å². The van der Waals surface area contributed by atoms with Crippen molar-refractivity contribution in [3.63, 3.8) is 0 Å². The molecule has 184 valence electrons. The number of hydrazone groups is 1. The van der Waals surface area contributed by atoms with Crippen molar-refractivity contribution in [3.8, 4) is 5.75 Å². The predicted octanol–water partition coefficient (Wildman–Crippen LogP) is 4.54. The van der Waals surface area contributed by atoms with Gasteiger partial charge in [-0.05, 0) is 48.0 Å². The van der Waals surface area contributed by atoms with Gasteiger partial charge in [-0.2, -0.15) is 5.10 Å². The fourth-order valence-electron chi connectivity index (χ4n) is 2.97. The van der Waals surface area contributed by atoms with Gasteiger partial charge in [-0.3, -0.25) is 4.79 Å². The van der Waals surface area contributed by atoms with E-state index >= 15 is 0 Å². The molecule has 1 aromatic heterocycles. The number of nitrogen functional groups attached to an aromatic ring is 1. The summed E-state index contributed by atoms with van der Waals surface area (Å²) in [7, 11) is 0. The van der Waals surface area contributed by atoms with Crippen LogP contribution in [0.5, 0.6) is 5.75 Å². The van der Waals surface area contributed by atoms with Crippen LogP contribution in [0.2, 0.25) is 5.02 Å². The number of benzene rings is 3. The van der Waals surface area contributed by atoms with Gasteiger partial charge in [-0.1, -0.05) is 53.7 Å². The molecule has 4 aromatic rings. The Morgan fingerprint density at radius 1 is 1.14 bits per heavy atom. The van der Waals surface area contributed by atoms with Crippen molar-refractivity contribution in [2.45, 2.75) is 11.8 Å². The van der Waals surface area contributed by atoms with Crippen LogP contribution in [0.1, 0.15) is 11.1 Å². The maximum atomic E-state index is 13.3. The summed E-state index contributed by atoms with van der Waals surface area (Å²) in [6, 6.07) is 20.5. The number of anilines is 2. The molecule has 4 rings (SSSR count). The Morgan fingerprint density at radius 2 is 1.94 bits per heavy atom. The second-order valence-corrected chi connectivity index (χ2v) is 8.73. The van der Waals surface area contributed by atoms with E-state index in [1.807, 2.05) is 48.5 Å². The van der Waals surface area contributed by atoms with E-state index < -0.39 is 5.82 Å². The molecule has 3 aromatic carbocycles. The Labute approximate surface area is 215 Å². The number of amides is 1. The van der Waals surface area contributed by atoms with Crippen LogP contribution in [-0.2, 0) is 11.4 Å². The van der Waals surface area contributed by atoms with Gasteiger partial charge in [0.15, 0.2) is 0 Å². The number of nitrogens with two attached hydrogens (primary N) is 1. The number of aromatic nitrogens is 3. The molecular formula is C24H21ClFN7O2S. The number of hydrogen-bond donors (Lipinski definition) is 3. The lowest BCUT2D eigenvalue weighted by Crippen LogP contribution is -2.17. The maximum absolute atomic E-state index is 13.3. The van der Waals surface area contributed by atoms with Crippen molar-refractivity contribution < 1.29 is 13.9 Å². The monoisotopic (exact) mass is 525 g/mol. The Balaban J connectivity index is 1.31. The van der Waals surface area contributed by atoms with Crippen LogP contribution in [-0.4, -0.2) is 32.7 Å². The number of rotatable bonds is 10. The first-order chi connectivity index (χ1) is 17.5. The molecule has 0 aliphatic rings. The first-order valence-corrected chi connectivity index (χ1v) is 12.0.